The van der Waals surface area contributed by atoms with Gasteiger partial charge in [-0.1, -0.05) is 0 Å². The van der Waals surface area contributed by atoms with E-state index in [1.165, 1.54) is 0 Å². The third kappa shape index (κ3) is 4.55. The van der Waals surface area contributed by atoms with E-state index < -0.39 is 0 Å². The Balaban J connectivity index is 2.87. The summed E-state index contributed by atoms with van der Waals surface area (Å²) >= 11 is 0. The Bertz CT molecular complexity index is 385. The molecule has 1 aromatic carbocycles. The van der Waals surface area contributed by atoms with Crippen LogP contribution in [0.1, 0.15) is 45.2 Å². The lowest BCUT2D eigenvalue weighted by molar-refractivity contribution is 0.130. The van der Waals surface area contributed by atoms with Gasteiger partial charge in [0.25, 0.3) is 0 Å². The second-order valence-corrected chi connectivity index (χ2v) is 5.41. The Morgan fingerprint density at radius 3 is 2.56 bits per heavy atom. The highest BCUT2D eigenvalue weighted by Crippen LogP contribution is 2.30. The van der Waals surface area contributed by atoms with E-state index in [2.05, 4.69) is 0 Å². The summed E-state index contributed by atoms with van der Waals surface area (Å²) in [5.41, 5.74) is 6.36. The summed E-state index contributed by atoms with van der Waals surface area (Å²) in [5.74, 6) is 0.858. The second-order valence-electron chi connectivity index (χ2n) is 5.41. The maximum Gasteiger partial charge on any atom is 0.120 e. The molecule has 1 rings (SSSR count). The molecule has 0 saturated carbocycles. The van der Waals surface area contributed by atoms with Gasteiger partial charge in [-0.15, -0.1) is 0 Å². The number of nitrogens with two attached hydrogens (primary N) is 1. The van der Waals surface area contributed by atoms with Crippen LogP contribution in [0.4, 0.5) is 0 Å². The average Bonchev–Trinajstić information content (AvgIpc) is 2.26. The molecule has 0 saturated heterocycles. The lowest BCUT2D eigenvalue weighted by Crippen LogP contribution is -2.23. The van der Waals surface area contributed by atoms with Crippen LogP contribution in [0.2, 0.25) is 0 Å². The standard InChI is InChI=1S/C14H23NO3/c1-14(2,3)18-10-6-7-13(17)11(9-10)12(15)5-4-8-16/h6-7,9,12,16-17H,4-5,8,15H2,1-3H3/t12-/m0/s1. The van der Waals surface area contributed by atoms with E-state index in [9.17, 15) is 5.11 Å². The Morgan fingerprint density at radius 2 is 2.00 bits per heavy atom. The summed E-state index contributed by atoms with van der Waals surface area (Å²) < 4.78 is 5.74. The van der Waals surface area contributed by atoms with Gasteiger partial charge in [-0.2, -0.15) is 0 Å². The third-order valence-corrected chi connectivity index (χ3v) is 2.50. The van der Waals surface area contributed by atoms with Crippen LogP contribution in [-0.2, 0) is 0 Å². The van der Waals surface area contributed by atoms with E-state index in [-0.39, 0.29) is 24.0 Å². The smallest absolute Gasteiger partial charge is 0.120 e. The van der Waals surface area contributed by atoms with E-state index in [1.807, 2.05) is 20.8 Å². The molecular weight excluding hydrogens is 230 g/mol. The minimum atomic E-state index is -0.291. The molecule has 0 aliphatic carbocycles. The molecule has 0 aliphatic heterocycles. The van der Waals surface area contributed by atoms with Gasteiger partial charge in [-0.05, 0) is 51.8 Å². The number of aliphatic hydroxyl groups excluding tert-OH is 1. The fraction of sp³-hybridized carbons (Fsp3) is 0.571. The molecule has 4 heteroatoms. The monoisotopic (exact) mass is 253 g/mol. The summed E-state index contributed by atoms with van der Waals surface area (Å²) in [6.07, 6.45) is 1.24. The molecule has 0 spiro atoms. The van der Waals surface area contributed by atoms with Gasteiger partial charge in [0.2, 0.25) is 0 Å². The number of benzene rings is 1. The lowest BCUT2D eigenvalue weighted by Gasteiger charge is -2.22. The number of rotatable bonds is 5. The first-order valence-electron chi connectivity index (χ1n) is 6.22. The number of hydrogen-bond donors (Lipinski definition) is 3. The normalized spacial score (nSPS) is 13.4. The minimum Gasteiger partial charge on any atom is -0.508 e. The molecule has 1 aromatic rings. The summed E-state index contributed by atoms with van der Waals surface area (Å²) in [4.78, 5) is 0. The highest BCUT2D eigenvalue weighted by Gasteiger charge is 2.15. The van der Waals surface area contributed by atoms with Crippen molar-refractivity contribution in [3.63, 3.8) is 0 Å². The molecule has 0 fully saturated rings. The van der Waals surface area contributed by atoms with E-state index in [1.54, 1.807) is 18.2 Å². The van der Waals surface area contributed by atoms with Crippen molar-refractivity contribution in [3.05, 3.63) is 23.8 Å². The Labute approximate surface area is 108 Å². The Morgan fingerprint density at radius 1 is 1.33 bits per heavy atom. The summed E-state index contributed by atoms with van der Waals surface area (Å²) in [5, 5.41) is 18.6. The van der Waals surface area contributed by atoms with E-state index in [4.69, 9.17) is 15.6 Å². The van der Waals surface area contributed by atoms with Crippen LogP contribution in [0.15, 0.2) is 18.2 Å². The maximum absolute atomic E-state index is 9.80. The first kappa shape index (κ1) is 14.8. The second kappa shape index (κ2) is 6.07. The molecular formula is C14H23NO3. The Kier molecular flexibility index (Phi) is 4.99. The maximum atomic E-state index is 9.80. The quantitative estimate of drug-likeness (QED) is 0.753. The minimum absolute atomic E-state index is 0.104. The SMILES string of the molecule is CC(C)(C)Oc1ccc(O)c([C@@H](N)CCCO)c1. The zero-order valence-electron chi connectivity index (χ0n) is 11.3. The van der Waals surface area contributed by atoms with Crippen molar-refractivity contribution in [1.29, 1.82) is 0 Å². The average molecular weight is 253 g/mol. The van der Waals surface area contributed by atoms with Gasteiger partial charge in [0.1, 0.15) is 17.1 Å². The van der Waals surface area contributed by atoms with Gasteiger partial charge in [0, 0.05) is 18.2 Å². The van der Waals surface area contributed by atoms with Gasteiger partial charge in [-0.3, -0.25) is 0 Å². The summed E-state index contributed by atoms with van der Waals surface area (Å²) in [6.45, 7) is 5.99. The zero-order chi connectivity index (χ0) is 13.8. The fourth-order valence-corrected chi connectivity index (χ4v) is 1.71. The molecule has 0 bridgehead atoms. The molecule has 18 heavy (non-hydrogen) atoms. The molecule has 0 aliphatic rings. The summed E-state index contributed by atoms with van der Waals surface area (Å²) in [7, 11) is 0. The van der Waals surface area contributed by atoms with Gasteiger partial charge >= 0.3 is 0 Å². The van der Waals surface area contributed by atoms with Crippen LogP contribution >= 0.6 is 0 Å². The van der Waals surface area contributed by atoms with E-state index >= 15 is 0 Å². The van der Waals surface area contributed by atoms with Crippen molar-refractivity contribution >= 4 is 0 Å². The van der Waals surface area contributed by atoms with Crippen molar-refractivity contribution < 1.29 is 14.9 Å². The van der Waals surface area contributed by atoms with Crippen molar-refractivity contribution in [2.24, 2.45) is 5.73 Å². The number of ether oxygens (including phenoxy) is 1. The largest absolute Gasteiger partial charge is 0.508 e. The zero-order valence-corrected chi connectivity index (χ0v) is 11.3. The van der Waals surface area contributed by atoms with Crippen molar-refractivity contribution in [2.75, 3.05) is 6.61 Å². The number of hydrogen-bond acceptors (Lipinski definition) is 4. The summed E-state index contributed by atoms with van der Waals surface area (Å²) in [6, 6.07) is 4.79. The van der Waals surface area contributed by atoms with Crippen molar-refractivity contribution in [3.8, 4) is 11.5 Å². The van der Waals surface area contributed by atoms with Crippen LogP contribution in [-0.4, -0.2) is 22.4 Å². The molecule has 102 valence electrons. The first-order chi connectivity index (χ1) is 8.33. The van der Waals surface area contributed by atoms with Crippen LogP contribution < -0.4 is 10.5 Å². The first-order valence-corrected chi connectivity index (χ1v) is 6.22. The van der Waals surface area contributed by atoms with Crippen LogP contribution in [0.25, 0.3) is 0 Å². The van der Waals surface area contributed by atoms with Crippen molar-refractivity contribution in [1.82, 2.24) is 0 Å². The third-order valence-electron chi connectivity index (χ3n) is 2.50. The number of phenolic OH excluding ortho intramolecular Hbond substituents is 1. The van der Waals surface area contributed by atoms with Gasteiger partial charge in [0.15, 0.2) is 0 Å². The number of phenols is 1. The molecule has 0 aromatic heterocycles. The van der Waals surface area contributed by atoms with Crippen LogP contribution in [0.5, 0.6) is 11.5 Å². The number of aliphatic hydroxyl groups is 1. The van der Waals surface area contributed by atoms with Crippen molar-refractivity contribution in [2.45, 2.75) is 45.3 Å². The van der Waals surface area contributed by atoms with Gasteiger partial charge in [-0.25, -0.2) is 0 Å². The molecule has 0 radical (unpaired) electrons. The predicted molar refractivity (Wildman–Crippen MR) is 71.7 cm³/mol. The molecule has 0 heterocycles. The fourth-order valence-electron chi connectivity index (χ4n) is 1.71. The van der Waals surface area contributed by atoms with E-state index in [0.29, 0.717) is 24.2 Å². The number of aromatic hydroxyl groups is 1. The highest BCUT2D eigenvalue weighted by molar-refractivity contribution is 5.41. The lowest BCUT2D eigenvalue weighted by atomic mass is 10.0. The molecule has 4 nitrogen and oxygen atoms in total. The van der Waals surface area contributed by atoms with Crippen LogP contribution in [0.3, 0.4) is 0 Å². The van der Waals surface area contributed by atoms with Gasteiger partial charge in [0.05, 0.1) is 0 Å². The van der Waals surface area contributed by atoms with Crippen LogP contribution in [0, 0.1) is 0 Å². The molecule has 0 unspecified atom stereocenters. The Hall–Kier alpha value is -1.26. The topological polar surface area (TPSA) is 75.7 Å². The predicted octanol–water partition coefficient (Wildman–Crippen LogP) is 2.34. The molecule has 4 N–H and O–H groups in total. The van der Waals surface area contributed by atoms with E-state index in [0.717, 1.165) is 0 Å². The molecule has 1 atom stereocenters. The van der Waals surface area contributed by atoms with Gasteiger partial charge < -0.3 is 20.7 Å². The highest BCUT2D eigenvalue weighted by atomic mass is 16.5. The molecule has 0 amide bonds.